The highest BCUT2D eigenvalue weighted by atomic mass is 32.2. The molecule has 0 radical (unpaired) electrons. The van der Waals surface area contributed by atoms with E-state index in [1.54, 1.807) is 16.0 Å². The van der Waals surface area contributed by atoms with E-state index < -0.39 is 0 Å². The van der Waals surface area contributed by atoms with Crippen LogP contribution in [0.5, 0.6) is 0 Å². The predicted molar refractivity (Wildman–Crippen MR) is 126 cm³/mol. The van der Waals surface area contributed by atoms with Gasteiger partial charge in [-0.2, -0.15) is 9.78 Å². The Balaban J connectivity index is 1.56. The minimum atomic E-state index is -0.0684. The Morgan fingerprint density at radius 2 is 1.90 bits per heavy atom. The fourth-order valence-electron chi connectivity index (χ4n) is 3.05. The van der Waals surface area contributed by atoms with Gasteiger partial charge < -0.3 is 5.32 Å². The van der Waals surface area contributed by atoms with Crippen molar-refractivity contribution in [2.24, 2.45) is 0 Å². The average molecular weight is 437 g/mol. The van der Waals surface area contributed by atoms with Gasteiger partial charge in [-0.3, -0.25) is 4.79 Å². The number of hydrogen-bond donors (Lipinski definition) is 1. The molecule has 2 heterocycles. The highest BCUT2D eigenvalue weighted by molar-refractivity contribution is 8.00. The van der Waals surface area contributed by atoms with Gasteiger partial charge >= 0.3 is 0 Å². The fraction of sp³-hybridized carbons (Fsp3) is 0.261. The van der Waals surface area contributed by atoms with Gasteiger partial charge in [-0.05, 0) is 42.2 Å². The summed E-state index contributed by atoms with van der Waals surface area (Å²) in [5.41, 5.74) is 3.12. The van der Waals surface area contributed by atoms with E-state index >= 15 is 0 Å². The molecular formula is C23H24N4OS2. The van der Waals surface area contributed by atoms with Gasteiger partial charge in [0.25, 0.3) is 0 Å². The molecule has 0 unspecified atom stereocenters. The summed E-state index contributed by atoms with van der Waals surface area (Å²) in [6, 6.07) is 18.2. The summed E-state index contributed by atoms with van der Waals surface area (Å²) in [5, 5.41) is 8.29. The molecule has 154 valence electrons. The smallest absolute Gasteiger partial charge is 0.235 e. The van der Waals surface area contributed by atoms with E-state index in [0.29, 0.717) is 11.6 Å². The van der Waals surface area contributed by atoms with E-state index in [-0.39, 0.29) is 11.3 Å². The molecule has 0 fully saturated rings. The number of hydrogen-bond acceptors (Lipinski definition) is 5. The van der Waals surface area contributed by atoms with Crippen molar-refractivity contribution in [2.45, 2.75) is 38.0 Å². The van der Waals surface area contributed by atoms with E-state index in [1.807, 2.05) is 43.3 Å². The van der Waals surface area contributed by atoms with Crippen LogP contribution in [0, 0.1) is 6.92 Å². The van der Waals surface area contributed by atoms with Gasteiger partial charge in [0, 0.05) is 11.0 Å². The van der Waals surface area contributed by atoms with Crippen LogP contribution in [0.2, 0.25) is 0 Å². The molecular weight excluding hydrogens is 412 g/mol. The Morgan fingerprint density at radius 3 is 2.63 bits per heavy atom. The van der Waals surface area contributed by atoms with Crippen LogP contribution in [-0.2, 0) is 10.2 Å². The zero-order valence-electron chi connectivity index (χ0n) is 17.5. The summed E-state index contributed by atoms with van der Waals surface area (Å²) in [7, 11) is 0. The number of carbonyl (C=O) groups excluding carboxylic acids is 1. The first-order chi connectivity index (χ1) is 14.3. The number of aryl methyl sites for hydroxylation is 1. The number of thioether (sulfide) groups is 1. The van der Waals surface area contributed by atoms with Crippen molar-refractivity contribution in [1.29, 1.82) is 0 Å². The number of nitrogens with zero attached hydrogens (tertiary/aromatic N) is 3. The summed E-state index contributed by atoms with van der Waals surface area (Å²) >= 11 is 3.09. The van der Waals surface area contributed by atoms with Crippen molar-refractivity contribution in [3.63, 3.8) is 0 Å². The quantitative estimate of drug-likeness (QED) is 0.401. The lowest BCUT2D eigenvalue weighted by Crippen LogP contribution is -2.16. The summed E-state index contributed by atoms with van der Waals surface area (Å²) in [6.07, 6.45) is 0. The summed E-state index contributed by atoms with van der Waals surface area (Å²) in [6.45, 7) is 8.52. The summed E-state index contributed by atoms with van der Waals surface area (Å²) < 4.78 is 2.84. The molecule has 0 atom stereocenters. The van der Waals surface area contributed by atoms with Crippen LogP contribution in [0.15, 0.2) is 59.5 Å². The number of anilines is 1. The number of nitrogens with one attached hydrogen (secondary N) is 1. The van der Waals surface area contributed by atoms with Crippen molar-refractivity contribution in [3.05, 3.63) is 65.9 Å². The Labute approximate surface area is 184 Å². The van der Waals surface area contributed by atoms with Crippen molar-refractivity contribution >= 4 is 45.0 Å². The van der Waals surface area contributed by atoms with Crippen LogP contribution < -0.4 is 5.32 Å². The number of amides is 1. The topological polar surface area (TPSA) is 59.8 Å². The molecule has 4 aromatic rings. The highest BCUT2D eigenvalue weighted by Gasteiger charge is 2.18. The third-order valence-corrected chi connectivity index (χ3v) is 6.64. The van der Waals surface area contributed by atoms with Gasteiger partial charge in [-0.1, -0.05) is 56.4 Å². The Hall–Kier alpha value is -2.64. The standard InChI is InChI=1S/C23H24N4OS2/c1-15-12-20(25-21(28)14-29-17-8-6-5-7-9-17)27(26-15)22-24-18-11-10-16(23(2,3)4)13-19(18)30-22/h5-13H,14H2,1-4H3,(H,25,28). The van der Waals surface area contributed by atoms with Crippen molar-refractivity contribution in [2.75, 3.05) is 11.1 Å². The van der Waals surface area contributed by atoms with Crippen LogP contribution >= 0.6 is 23.1 Å². The van der Waals surface area contributed by atoms with E-state index in [9.17, 15) is 4.79 Å². The SMILES string of the molecule is Cc1cc(NC(=O)CSc2ccccc2)n(-c2nc3ccc(C(C)(C)C)cc3s2)n1. The van der Waals surface area contributed by atoms with Gasteiger partial charge in [0.05, 0.1) is 21.7 Å². The van der Waals surface area contributed by atoms with E-state index in [0.717, 1.165) is 25.9 Å². The second-order valence-corrected chi connectivity index (χ2v) is 10.2. The molecule has 0 saturated carbocycles. The van der Waals surface area contributed by atoms with Crippen LogP contribution in [-0.4, -0.2) is 26.4 Å². The Morgan fingerprint density at radius 1 is 1.13 bits per heavy atom. The molecule has 0 aliphatic heterocycles. The molecule has 0 aliphatic carbocycles. The van der Waals surface area contributed by atoms with Crippen LogP contribution in [0.3, 0.4) is 0 Å². The average Bonchev–Trinajstić information content (AvgIpc) is 3.28. The second kappa shape index (κ2) is 8.24. The third-order valence-electron chi connectivity index (χ3n) is 4.64. The molecule has 2 aromatic heterocycles. The van der Waals surface area contributed by atoms with Crippen LogP contribution in [0.1, 0.15) is 32.0 Å². The van der Waals surface area contributed by atoms with Gasteiger partial charge in [-0.25, -0.2) is 4.98 Å². The third kappa shape index (κ3) is 4.57. The molecule has 0 spiro atoms. The number of thiazole rings is 1. The molecule has 1 N–H and O–H groups in total. The van der Waals surface area contributed by atoms with Gasteiger partial charge in [-0.15, -0.1) is 11.8 Å². The number of carbonyl (C=O) groups is 1. The molecule has 0 bridgehead atoms. The number of aromatic nitrogens is 3. The minimum Gasteiger partial charge on any atom is -0.310 e. The van der Waals surface area contributed by atoms with Crippen molar-refractivity contribution < 1.29 is 4.79 Å². The number of fused-ring (bicyclic) bond motifs is 1. The maximum absolute atomic E-state index is 12.5. The van der Waals surface area contributed by atoms with Crippen molar-refractivity contribution in [1.82, 2.24) is 14.8 Å². The Bertz CT molecular complexity index is 1190. The van der Waals surface area contributed by atoms with Crippen LogP contribution in [0.25, 0.3) is 15.3 Å². The molecule has 30 heavy (non-hydrogen) atoms. The normalized spacial score (nSPS) is 11.7. The molecule has 2 aromatic carbocycles. The lowest BCUT2D eigenvalue weighted by molar-refractivity contribution is -0.113. The monoisotopic (exact) mass is 436 g/mol. The predicted octanol–water partition coefficient (Wildman–Crippen LogP) is 5.82. The van der Waals surface area contributed by atoms with E-state index in [4.69, 9.17) is 4.98 Å². The number of benzene rings is 2. The van der Waals surface area contributed by atoms with Gasteiger partial charge in [0.1, 0.15) is 5.82 Å². The fourth-order valence-corrected chi connectivity index (χ4v) is 4.74. The molecule has 0 saturated heterocycles. The first kappa shape index (κ1) is 20.6. The van der Waals surface area contributed by atoms with Gasteiger partial charge in [0.2, 0.25) is 11.0 Å². The first-order valence-electron chi connectivity index (χ1n) is 9.75. The molecule has 0 aliphatic rings. The maximum atomic E-state index is 12.5. The molecule has 4 rings (SSSR count). The second-order valence-electron chi connectivity index (χ2n) is 8.16. The lowest BCUT2D eigenvalue weighted by Gasteiger charge is -2.18. The molecule has 1 amide bonds. The zero-order chi connectivity index (χ0) is 21.3. The highest BCUT2D eigenvalue weighted by Crippen LogP contribution is 2.31. The van der Waals surface area contributed by atoms with E-state index in [1.165, 1.54) is 17.3 Å². The maximum Gasteiger partial charge on any atom is 0.235 e. The minimum absolute atomic E-state index is 0.0684. The lowest BCUT2D eigenvalue weighted by atomic mass is 9.87. The number of rotatable bonds is 5. The summed E-state index contributed by atoms with van der Waals surface area (Å²) in [5.74, 6) is 0.908. The summed E-state index contributed by atoms with van der Waals surface area (Å²) in [4.78, 5) is 18.3. The zero-order valence-corrected chi connectivity index (χ0v) is 19.1. The molecule has 5 nitrogen and oxygen atoms in total. The van der Waals surface area contributed by atoms with E-state index in [2.05, 4.69) is 49.4 Å². The van der Waals surface area contributed by atoms with Crippen molar-refractivity contribution in [3.8, 4) is 5.13 Å². The van der Waals surface area contributed by atoms with Gasteiger partial charge in [0.15, 0.2) is 0 Å². The van der Waals surface area contributed by atoms with Crippen LogP contribution in [0.4, 0.5) is 5.82 Å². The first-order valence-corrected chi connectivity index (χ1v) is 11.6. The largest absolute Gasteiger partial charge is 0.310 e. The molecule has 7 heteroatoms. The Kier molecular flexibility index (Phi) is 5.66.